The molecule has 10 heteroatoms. The summed E-state index contributed by atoms with van der Waals surface area (Å²) in [5.41, 5.74) is -0.430. The number of carboxylic acid groups (broad SMARTS) is 1. The first-order valence-corrected chi connectivity index (χ1v) is 5.61. The van der Waals surface area contributed by atoms with E-state index >= 15 is 0 Å². The van der Waals surface area contributed by atoms with Crippen LogP contribution in [0.25, 0.3) is 0 Å². The molecule has 1 aromatic rings. The quantitative estimate of drug-likeness (QED) is 0.815. The Labute approximate surface area is 115 Å². The van der Waals surface area contributed by atoms with Crippen LogP contribution in [0.2, 0.25) is 0 Å². The van der Waals surface area contributed by atoms with Crippen LogP contribution in [0.3, 0.4) is 0 Å². The summed E-state index contributed by atoms with van der Waals surface area (Å²) in [4.78, 5) is 22.5. The first kappa shape index (κ1) is 16.9. The summed E-state index contributed by atoms with van der Waals surface area (Å²) in [6.45, 7) is -3.84. The van der Waals surface area contributed by atoms with Crippen LogP contribution in [-0.4, -0.2) is 52.1 Å². The third-order valence-corrected chi connectivity index (χ3v) is 2.37. The highest BCUT2D eigenvalue weighted by molar-refractivity contribution is 5.94. The molecule has 118 valence electrons. The van der Waals surface area contributed by atoms with Crippen molar-refractivity contribution in [2.24, 2.45) is 0 Å². The van der Waals surface area contributed by atoms with Crippen LogP contribution >= 0.6 is 0 Å². The minimum absolute atomic E-state index is 0.0413. The van der Waals surface area contributed by atoms with Crippen molar-refractivity contribution in [1.29, 1.82) is 0 Å². The lowest BCUT2D eigenvalue weighted by Crippen LogP contribution is -2.42. The fraction of sp³-hybridized carbons (Fsp3) is 0.455. The molecule has 1 rings (SSSR count). The van der Waals surface area contributed by atoms with Crippen LogP contribution in [0.1, 0.15) is 10.5 Å². The highest BCUT2D eigenvalue weighted by Crippen LogP contribution is 2.18. The topological polar surface area (TPSA) is 62.5 Å². The van der Waals surface area contributed by atoms with Gasteiger partial charge in [0.2, 0.25) is 0 Å². The van der Waals surface area contributed by atoms with Gasteiger partial charge in [0.15, 0.2) is 0 Å². The minimum atomic E-state index is -4.80. The van der Waals surface area contributed by atoms with Gasteiger partial charge in [0, 0.05) is 6.20 Å². The second kappa shape index (κ2) is 6.55. The molecule has 0 aliphatic heterocycles. The second-order valence-corrected chi connectivity index (χ2v) is 4.11. The number of halogens is 5. The number of nitrogens with zero attached hydrogens (tertiary/aromatic N) is 2. The van der Waals surface area contributed by atoms with Crippen molar-refractivity contribution in [3.8, 4) is 0 Å². The number of carbonyl (C=O) groups excluding carboxylic acids is 1. The molecule has 0 spiro atoms. The summed E-state index contributed by atoms with van der Waals surface area (Å²) in [5.74, 6) is -2.92. The normalized spacial score (nSPS) is 11.7. The van der Waals surface area contributed by atoms with Crippen molar-refractivity contribution in [2.45, 2.75) is 19.1 Å². The maximum absolute atomic E-state index is 12.4. The molecule has 0 atom stereocenters. The van der Waals surface area contributed by atoms with Crippen molar-refractivity contribution in [1.82, 2.24) is 9.47 Å². The maximum atomic E-state index is 12.4. The molecule has 1 amide bonds. The molecule has 21 heavy (non-hydrogen) atoms. The molecule has 0 radical (unpaired) electrons. The van der Waals surface area contributed by atoms with E-state index < -0.39 is 49.8 Å². The summed E-state index contributed by atoms with van der Waals surface area (Å²) in [6, 6.07) is 2.26. The van der Waals surface area contributed by atoms with E-state index in [9.17, 15) is 31.5 Å². The van der Waals surface area contributed by atoms with Crippen LogP contribution in [-0.2, 0) is 11.3 Å². The molecule has 0 bridgehead atoms. The second-order valence-electron chi connectivity index (χ2n) is 4.11. The highest BCUT2D eigenvalue weighted by Gasteiger charge is 2.35. The van der Waals surface area contributed by atoms with E-state index in [1.807, 2.05) is 0 Å². The van der Waals surface area contributed by atoms with E-state index in [1.54, 1.807) is 0 Å². The van der Waals surface area contributed by atoms with Crippen molar-refractivity contribution in [3.05, 3.63) is 24.0 Å². The van der Waals surface area contributed by atoms with E-state index in [1.165, 1.54) is 6.07 Å². The van der Waals surface area contributed by atoms with Crippen LogP contribution in [0, 0.1) is 0 Å². The number of carbonyl (C=O) groups is 2. The Morgan fingerprint density at radius 2 is 1.95 bits per heavy atom. The first-order chi connectivity index (χ1) is 9.60. The smallest absolute Gasteiger partial charge is 0.406 e. The Balaban J connectivity index is 2.99. The van der Waals surface area contributed by atoms with Gasteiger partial charge in [-0.25, -0.2) is 8.78 Å². The van der Waals surface area contributed by atoms with Gasteiger partial charge in [-0.15, -0.1) is 0 Å². The van der Waals surface area contributed by atoms with E-state index in [0.29, 0.717) is 0 Å². The minimum Gasteiger partial charge on any atom is -0.480 e. The maximum Gasteiger partial charge on any atom is 0.406 e. The van der Waals surface area contributed by atoms with Gasteiger partial charge in [-0.1, -0.05) is 0 Å². The zero-order valence-electron chi connectivity index (χ0n) is 10.5. The zero-order valence-corrected chi connectivity index (χ0v) is 10.5. The number of carboxylic acids is 1. The number of rotatable bonds is 6. The molecule has 0 saturated heterocycles. The Kier molecular flexibility index (Phi) is 5.28. The van der Waals surface area contributed by atoms with E-state index in [4.69, 9.17) is 5.11 Å². The predicted molar refractivity (Wildman–Crippen MR) is 60.0 cm³/mol. The largest absolute Gasteiger partial charge is 0.480 e. The fourth-order valence-corrected chi connectivity index (χ4v) is 1.66. The third kappa shape index (κ3) is 5.40. The lowest BCUT2D eigenvalue weighted by atomic mass is 10.3. The van der Waals surface area contributed by atoms with Crippen molar-refractivity contribution >= 4 is 11.9 Å². The van der Waals surface area contributed by atoms with Gasteiger partial charge < -0.3 is 14.6 Å². The molecule has 1 aromatic heterocycles. The molecule has 0 aliphatic carbocycles. The van der Waals surface area contributed by atoms with Gasteiger partial charge >= 0.3 is 12.1 Å². The lowest BCUT2D eigenvalue weighted by Gasteiger charge is -2.22. The first-order valence-electron chi connectivity index (χ1n) is 5.61. The Morgan fingerprint density at radius 1 is 1.33 bits per heavy atom. The summed E-state index contributed by atoms with van der Waals surface area (Å²) < 4.78 is 62.4. The number of amides is 1. The predicted octanol–water partition coefficient (Wildman–Crippen LogP) is 1.84. The molecule has 0 aliphatic rings. The van der Waals surface area contributed by atoms with Gasteiger partial charge in [0.25, 0.3) is 12.3 Å². The average molecular weight is 314 g/mol. The average Bonchev–Trinajstić information content (AvgIpc) is 2.71. The summed E-state index contributed by atoms with van der Waals surface area (Å²) >= 11 is 0. The van der Waals surface area contributed by atoms with Gasteiger partial charge in [-0.2, -0.15) is 13.2 Å². The molecular formula is C11H11F5N2O3. The molecular weight excluding hydrogens is 303 g/mol. The Bertz CT molecular complexity index is 512. The third-order valence-electron chi connectivity index (χ3n) is 2.37. The Hall–Kier alpha value is -2.13. The fourth-order valence-electron chi connectivity index (χ4n) is 1.66. The Morgan fingerprint density at radius 3 is 2.43 bits per heavy atom. The number of alkyl halides is 5. The van der Waals surface area contributed by atoms with Gasteiger partial charge in [0.05, 0.1) is 6.54 Å². The van der Waals surface area contributed by atoms with Crippen LogP contribution in [0.4, 0.5) is 22.0 Å². The summed E-state index contributed by atoms with van der Waals surface area (Å²) in [7, 11) is 0. The van der Waals surface area contributed by atoms with Crippen LogP contribution in [0.5, 0.6) is 0 Å². The SMILES string of the molecule is O=C(O)CN(CC(F)(F)F)C(=O)c1cccn1CC(F)F. The van der Waals surface area contributed by atoms with E-state index in [-0.39, 0.29) is 4.90 Å². The summed E-state index contributed by atoms with van der Waals surface area (Å²) in [5, 5.41) is 8.55. The monoisotopic (exact) mass is 314 g/mol. The van der Waals surface area contributed by atoms with Crippen molar-refractivity contribution < 1.29 is 36.6 Å². The standard InChI is InChI=1S/C11H11F5N2O3/c12-8(13)4-17-3-1-2-7(17)10(21)18(5-9(19)20)6-11(14,15)16/h1-3,8H,4-6H2,(H,19,20). The highest BCUT2D eigenvalue weighted by atomic mass is 19.4. The van der Waals surface area contributed by atoms with E-state index in [2.05, 4.69) is 0 Å². The van der Waals surface area contributed by atoms with Gasteiger partial charge in [-0.05, 0) is 12.1 Å². The van der Waals surface area contributed by atoms with Crippen LogP contribution in [0.15, 0.2) is 18.3 Å². The number of aliphatic carboxylic acids is 1. The molecule has 1 heterocycles. The number of hydrogen-bond acceptors (Lipinski definition) is 2. The summed E-state index contributed by atoms with van der Waals surface area (Å²) in [6.07, 6.45) is -6.50. The van der Waals surface area contributed by atoms with Crippen LogP contribution < -0.4 is 0 Å². The zero-order chi connectivity index (χ0) is 16.2. The molecule has 0 saturated carbocycles. The molecule has 0 aromatic carbocycles. The molecule has 0 fully saturated rings. The number of hydrogen-bond donors (Lipinski definition) is 1. The number of aromatic nitrogens is 1. The molecule has 1 N–H and O–H groups in total. The lowest BCUT2D eigenvalue weighted by molar-refractivity contribution is -0.149. The molecule has 5 nitrogen and oxygen atoms in total. The van der Waals surface area contributed by atoms with Crippen molar-refractivity contribution in [2.75, 3.05) is 13.1 Å². The van der Waals surface area contributed by atoms with Crippen molar-refractivity contribution in [3.63, 3.8) is 0 Å². The van der Waals surface area contributed by atoms with E-state index in [0.717, 1.165) is 16.8 Å². The van der Waals surface area contributed by atoms with Gasteiger partial charge in [0.1, 0.15) is 18.8 Å². The molecule has 0 unspecified atom stereocenters. The van der Waals surface area contributed by atoms with Gasteiger partial charge in [-0.3, -0.25) is 9.59 Å².